The van der Waals surface area contributed by atoms with Gasteiger partial charge in [0.05, 0.1) is 0 Å². The molecule has 0 aliphatic carbocycles. The molecule has 2 rings (SSSR count). The summed E-state index contributed by atoms with van der Waals surface area (Å²) in [7, 11) is 2.20. The second kappa shape index (κ2) is 10.8. The van der Waals surface area contributed by atoms with Crippen LogP contribution in [0.4, 0.5) is 0 Å². The minimum Gasteiger partial charge on any atom is -0.314 e. The summed E-state index contributed by atoms with van der Waals surface area (Å²) in [6.07, 6.45) is 0. The van der Waals surface area contributed by atoms with Crippen LogP contribution in [0.5, 0.6) is 0 Å². The first-order chi connectivity index (χ1) is 8.74. The Kier molecular flexibility index (Phi) is 10.9. The summed E-state index contributed by atoms with van der Waals surface area (Å²) in [5, 5.41) is 3.39. The van der Waals surface area contributed by atoms with Crippen LogP contribution in [0.2, 0.25) is 0 Å². The van der Waals surface area contributed by atoms with E-state index in [1.54, 1.807) is 0 Å². The Morgan fingerprint density at radius 1 is 1.25 bits per heavy atom. The van der Waals surface area contributed by atoms with Gasteiger partial charge in [-0.3, -0.25) is 4.90 Å². The van der Waals surface area contributed by atoms with Gasteiger partial charge in [0.15, 0.2) is 0 Å². The summed E-state index contributed by atoms with van der Waals surface area (Å²) in [5.41, 5.74) is 1.37. The molecular formula is C14H24BrCl2N3. The zero-order valence-corrected chi connectivity index (χ0v) is 15.1. The van der Waals surface area contributed by atoms with Crippen molar-refractivity contribution in [1.82, 2.24) is 15.1 Å². The molecule has 0 unspecified atom stereocenters. The first kappa shape index (κ1) is 20.2. The highest BCUT2D eigenvalue weighted by Crippen LogP contribution is 2.12. The Morgan fingerprint density at radius 3 is 2.60 bits per heavy atom. The molecular weight excluding hydrogens is 361 g/mol. The van der Waals surface area contributed by atoms with Crippen molar-refractivity contribution in [1.29, 1.82) is 0 Å². The van der Waals surface area contributed by atoms with Crippen LogP contribution in [0, 0.1) is 0 Å². The smallest absolute Gasteiger partial charge is 0.0231 e. The molecule has 1 heterocycles. The monoisotopic (exact) mass is 383 g/mol. The number of piperazine rings is 1. The molecule has 0 spiro atoms. The summed E-state index contributed by atoms with van der Waals surface area (Å²) in [6.45, 7) is 7.96. The summed E-state index contributed by atoms with van der Waals surface area (Å²) in [5.74, 6) is 0. The molecule has 3 nitrogen and oxygen atoms in total. The second-order valence-corrected chi connectivity index (χ2v) is 5.88. The minimum atomic E-state index is 0. The minimum absolute atomic E-state index is 0. The van der Waals surface area contributed by atoms with Crippen LogP contribution in [-0.2, 0) is 6.54 Å². The van der Waals surface area contributed by atoms with Gasteiger partial charge in [0.25, 0.3) is 0 Å². The number of nitrogens with zero attached hydrogens (tertiary/aromatic N) is 2. The first-order valence-corrected chi connectivity index (χ1v) is 7.39. The van der Waals surface area contributed by atoms with Crippen LogP contribution in [0.25, 0.3) is 0 Å². The molecule has 0 aromatic heterocycles. The van der Waals surface area contributed by atoms with E-state index in [1.807, 2.05) is 0 Å². The van der Waals surface area contributed by atoms with E-state index in [0.29, 0.717) is 0 Å². The van der Waals surface area contributed by atoms with Crippen molar-refractivity contribution in [2.45, 2.75) is 6.54 Å². The molecule has 1 fully saturated rings. The predicted octanol–water partition coefficient (Wildman–Crippen LogP) is 2.63. The van der Waals surface area contributed by atoms with Crippen LogP contribution in [0.3, 0.4) is 0 Å². The van der Waals surface area contributed by atoms with Gasteiger partial charge in [0.2, 0.25) is 0 Å². The van der Waals surface area contributed by atoms with E-state index in [-0.39, 0.29) is 24.8 Å². The SMILES string of the molecule is CN(CCN1CCNCC1)Cc1cccc(Br)c1.Cl.Cl. The molecule has 1 aliphatic rings. The van der Waals surface area contributed by atoms with Crippen molar-refractivity contribution < 1.29 is 0 Å². The molecule has 6 heteroatoms. The summed E-state index contributed by atoms with van der Waals surface area (Å²) < 4.78 is 1.16. The van der Waals surface area contributed by atoms with Gasteiger partial charge in [0, 0.05) is 50.3 Å². The maximum atomic E-state index is 3.52. The van der Waals surface area contributed by atoms with E-state index in [9.17, 15) is 0 Å². The number of halogens is 3. The number of rotatable bonds is 5. The molecule has 1 aromatic carbocycles. The second-order valence-electron chi connectivity index (χ2n) is 4.96. The van der Waals surface area contributed by atoms with Crippen molar-refractivity contribution >= 4 is 40.7 Å². The first-order valence-electron chi connectivity index (χ1n) is 6.60. The fraction of sp³-hybridized carbons (Fsp3) is 0.571. The molecule has 0 amide bonds. The Hall–Kier alpha value is 0.160. The molecule has 0 saturated carbocycles. The highest BCUT2D eigenvalue weighted by Gasteiger charge is 2.10. The molecule has 0 radical (unpaired) electrons. The van der Waals surface area contributed by atoms with E-state index in [2.05, 4.69) is 62.4 Å². The molecule has 116 valence electrons. The zero-order valence-electron chi connectivity index (χ0n) is 11.8. The molecule has 20 heavy (non-hydrogen) atoms. The predicted molar refractivity (Wildman–Crippen MR) is 94.3 cm³/mol. The summed E-state index contributed by atoms with van der Waals surface area (Å²) in [6, 6.07) is 8.56. The highest BCUT2D eigenvalue weighted by molar-refractivity contribution is 9.10. The molecule has 1 saturated heterocycles. The lowest BCUT2D eigenvalue weighted by Gasteiger charge is -2.29. The molecule has 0 atom stereocenters. The van der Waals surface area contributed by atoms with E-state index in [1.165, 1.54) is 25.2 Å². The highest BCUT2D eigenvalue weighted by atomic mass is 79.9. The number of nitrogens with one attached hydrogen (secondary N) is 1. The molecule has 1 aliphatic heterocycles. The van der Waals surface area contributed by atoms with Crippen LogP contribution in [0.15, 0.2) is 28.7 Å². The molecule has 1 N–H and O–H groups in total. The van der Waals surface area contributed by atoms with Gasteiger partial charge < -0.3 is 10.2 Å². The fourth-order valence-corrected chi connectivity index (χ4v) is 2.72. The third-order valence-corrected chi connectivity index (χ3v) is 3.84. The number of benzene rings is 1. The van der Waals surface area contributed by atoms with Crippen LogP contribution in [0.1, 0.15) is 5.56 Å². The largest absolute Gasteiger partial charge is 0.314 e. The van der Waals surface area contributed by atoms with Crippen LogP contribution < -0.4 is 5.32 Å². The van der Waals surface area contributed by atoms with Crippen molar-refractivity contribution in [2.75, 3.05) is 46.3 Å². The topological polar surface area (TPSA) is 18.5 Å². The van der Waals surface area contributed by atoms with Gasteiger partial charge in [-0.05, 0) is 24.7 Å². The van der Waals surface area contributed by atoms with Gasteiger partial charge in [-0.2, -0.15) is 0 Å². The Morgan fingerprint density at radius 2 is 1.95 bits per heavy atom. The average molecular weight is 385 g/mol. The third kappa shape index (κ3) is 7.25. The number of hydrogen-bond acceptors (Lipinski definition) is 3. The van der Waals surface area contributed by atoms with Crippen molar-refractivity contribution in [3.05, 3.63) is 34.3 Å². The van der Waals surface area contributed by atoms with Crippen LogP contribution in [-0.4, -0.2) is 56.1 Å². The standard InChI is InChI=1S/C14H22BrN3.2ClH/c1-17(9-10-18-7-5-16-6-8-18)12-13-3-2-4-14(15)11-13;;/h2-4,11,16H,5-10,12H2,1H3;2*1H. The van der Waals surface area contributed by atoms with Gasteiger partial charge in [-0.1, -0.05) is 28.1 Å². The van der Waals surface area contributed by atoms with E-state index >= 15 is 0 Å². The Bertz CT molecular complexity index is 373. The Labute approximate surface area is 143 Å². The van der Waals surface area contributed by atoms with Crippen LogP contribution >= 0.6 is 40.7 Å². The summed E-state index contributed by atoms with van der Waals surface area (Å²) in [4.78, 5) is 4.93. The molecule has 1 aromatic rings. The van der Waals surface area contributed by atoms with Gasteiger partial charge >= 0.3 is 0 Å². The summed E-state index contributed by atoms with van der Waals surface area (Å²) >= 11 is 3.52. The Balaban J connectivity index is 0.00000180. The average Bonchev–Trinajstić information content (AvgIpc) is 2.38. The lowest BCUT2D eigenvalue weighted by molar-refractivity contribution is 0.202. The number of likely N-dealkylation sites (N-methyl/N-ethyl adjacent to an activating group) is 1. The molecule has 0 bridgehead atoms. The lowest BCUT2D eigenvalue weighted by Crippen LogP contribution is -2.45. The zero-order chi connectivity index (χ0) is 12.8. The maximum Gasteiger partial charge on any atom is 0.0231 e. The van der Waals surface area contributed by atoms with Crippen molar-refractivity contribution in [3.8, 4) is 0 Å². The van der Waals surface area contributed by atoms with Crippen molar-refractivity contribution in [2.24, 2.45) is 0 Å². The maximum absolute atomic E-state index is 3.52. The van der Waals surface area contributed by atoms with E-state index in [4.69, 9.17) is 0 Å². The number of hydrogen-bond donors (Lipinski definition) is 1. The van der Waals surface area contributed by atoms with Gasteiger partial charge in [-0.15, -0.1) is 24.8 Å². The normalized spacial score (nSPS) is 15.6. The fourth-order valence-electron chi connectivity index (χ4n) is 2.27. The lowest BCUT2D eigenvalue weighted by atomic mass is 10.2. The van der Waals surface area contributed by atoms with E-state index < -0.39 is 0 Å². The van der Waals surface area contributed by atoms with Crippen molar-refractivity contribution in [3.63, 3.8) is 0 Å². The van der Waals surface area contributed by atoms with Gasteiger partial charge in [0.1, 0.15) is 0 Å². The van der Waals surface area contributed by atoms with E-state index in [0.717, 1.165) is 30.7 Å². The quantitative estimate of drug-likeness (QED) is 0.841. The third-order valence-electron chi connectivity index (χ3n) is 3.35. The van der Waals surface area contributed by atoms with Gasteiger partial charge in [-0.25, -0.2) is 0 Å².